The molecule has 196 valence electrons. The van der Waals surface area contributed by atoms with E-state index >= 15 is 0 Å². The van der Waals surface area contributed by atoms with Gasteiger partial charge in [0.1, 0.15) is 0 Å². The van der Waals surface area contributed by atoms with E-state index in [0.717, 1.165) is 63.6 Å². The van der Waals surface area contributed by atoms with Crippen LogP contribution in [-0.4, -0.2) is 22.0 Å². The first-order valence-corrected chi connectivity index (χ1v) is 13.9. The summed E-state index contributed by atoms with van der Waals surface area (Å²) in [6.45, 7) is 6.31. The van der Waals surface area contributed by atoms with E-state index in [4.69, 9.17) is 4.84 Å². The van der Waals surface area contributed by atoms with E-state index in [1.165, 1.54) is 39.0 Å². The Bertz CT molecular complexity index is 1520. The van der Waals surface area contributed by atoms with Crippen LogP contribution in [0.4, 0.5) is 0 Å². The SMILES string of the molecule is CCn1c2ccc(C(=O)c3ccccc3C)cc2c2cc(/C(CCC3CCCCC3)=N\OC(C)=O)ccc21. The van der Waals surface area contributed by atoms with Gasteiger partial charge in [0.2, 0.25) is 0 Å². The van der Waals surface area contributed by atoms with Crippen LogP contribution in [0, 0.1) is 12.8 Å². The van der Waals surface area contributed by atoms with E-state index in [-0.39, 0.29) is 5.78 Å². The summed E-state index contributed by atoms with van der Waals surface area (Å²) in [6, 6.07) is 20.1. The minimum Gasteiger partial charge on any atom is -0.341 e. The van der Waals surface area contributed by atoms with Gasteiger partial charge < -0.3 is 9.40 Å². The number of hydrogen-bond donors (Lipinski definition) is 0. The van der Waals surface area contributed by atoms with E-state index < -0.39 is 5.97 Å². The molecule has 0 saturated heterocycles. The van der Waals surface area contributed by atoms with Crippen molar-refractivity contribution in [3.8, 4) is 0 Å². The molecular weight excluding hydrogens is 472 g/mol. The van der Waals surface area contributed by atoms with Gasteiger partial charge in [-0.05, 0) is 68.5 Å². The van der Waals surface area contributed by atoms with Crippen molar-refractivity contribution in [1.82, 2.24) is 4.57 Å². The van der Waals surface area contributed by atoms with Crippen molar-refractivity contribution < 1.29 is 14.4 Å². The maximum absolute atomic E-state index is 13.4. The minimum absolute atomic E-state index is 0.0307. The number of nitrogens with zero attached hydrogens (tertiary/aromatic N) is 2. The first-order valence-electron chi connectivity index (χ1n) is 13.9. The van der Waals surface area contributed by atoms with Crippen molar-refractivity contribution in [2.75, 3.05) is 0 Å². The van der Waals surface area contributed by atoms with Crippen molar-refractivity contribution in [3.63, 3.8) is 0 Å². The number of benzene rings is 3. The van der Waals surface area contributed by atoms with Gasteiger partial charge in [-0.3, -0.25) is 4.79 Å². The van der Waals surface area contributed by atoms with Gasteiger partial charge in [0, 0.05) is 52.0 Å². The molecule has 5 heteroatoms. The maximum Gasteiger partial charge on any atom is 0.331 e. The van der Waals surface area contributed by atoms with Gasteiger partial charge in [-0.2, -0.15) is 0 Å². The predicted octanol–water partition coefficient (Wildman–Crippen LogP) is 7.98. The molecule has 1 heterocycles. The Hall–Kier alpha value is -3.73. The molecule has 0 unspecified atom stereocenters. The van der Waals surface area contributed by atoms with E-state index in [1.807, 2.05) is 43.3 Å². The number of carbonyl (C=O) groups excluding carboxylic acids is 2. The third kappa shape index (κ3) is 5.28. The van der Waals surface area contributed by atoms with E-state index in [9.17, 15) is 9.59 Å². The highest BCUT2D eigenvalue weighted by atomic mass is 16.7. The summed E-state index contributed by atoms with van der Waals surface area (Å²) in [7, 11) is 0. The fourth-order valence-electron chi connectivity index (χ4n) is 5.93. The summed E-state index contributed by atoms with van der Waals surface area (Å²) < 4.78 is 2.28. The van der Waals surface area contributed by atoms with Crippen molar-refractivity contribution in [2.45, 2.75) is 72.3 Å². The zero-order valence-corrected chi connectivity index (χ0v) is 22.6. The largest absolute Gasteiger partial charge is 0.341 e. The van der Waals surface area contributed by atoms with Crippen LogP contribution in [0.2, 0.25) is 0 Å². The molecule has 0 amide bonds. The summed E-state index contributed by atoms with van der Waals surface area (Å²) in [4.78, 5) is 30.1. The van der Waals surface area contributed by atoms with Crippen LogP contribution in [0.1, 0.15) is 85.8 Å². The van der Waals surface area contributed by atoms with Gasteiger partial charge >= 0.3 is 5.97 Å². The lowest BCUT2D eigenvalue weighted by Crippen LogP contribution is -2.11. The predicted molar refractivity (Wildman–Crippen MR) is 154 cm³/mol. The average Bonchev–Trinajstić information content (AvgIpc) is 3.25. The summed E-state index contributed by atoms with van der Waals surface area (Å²) in [6.07, 6.45) is 8.28. The number of fused-ring (bicyclic) bond motifs is 3. The summed E-state index contributed by atoms with van der Waals surface area (Å²) in [5.74, 6) is 0.318. The fourth-order valence-corrected chi connectivity index (χ4v) is 5.93. The molecule has 0 N–H and O–H groups in total. The number of aromatic nitrogens is 1. The molecule has 1 aliphatic rings. The van der Waals surface area contributed by atoms with E-state index in [2.05, 4.69) is 40.9 Å². The Morgan fingerprint density at radius 1 is 0.921 bits per heavy atom. The van der Waals surface area contributed by atoms with Gasteiger partial charge in [0.05, 0.1) is 5.71 Å². The summed E-state index contributed by atoms with van der Waals surface area (Å²) >= 11 is 0. The summed E-state index contributed by atoms with van der Waals surface area (Å²) in [5.41, 5.74) is 6.36. The molecule has 5 nitrogen and oxygen atoms in total. The normalized spacial score (nSPS) is 14.8. The topological polar surface area (TPSA) is 60.7 Å². The lowest BCUT2D eigenvalue weighted by molar-refractivity contribution is -0.140. The highest BCUT2D eigenvalue weighted by Gasteiger charge is 2.19. The molecule has 0 spiro atoms. The number of oxime groups is 1. The Morgan fingerprint density at radius 2 is 1.58 bits per heavy atom. The second kappa shape index (κ2) is 11.3. The molecule has 38 heavy (non-hydrogen) atoms. The minimum atomic E-state index is -0.414. The van der Waals surface area contributed by atoms with Crippen LogP contribution in [0.3, 0.4) is 0 Å². The maximum atomic E-state index is 13.4. The smallest absolute Gasteiger partial charge is 0.331 e. The molecule has 0 radical (unpaired) electrons. The Morgan fingerprint density at radius 3 is 2.24 bits per heavy atom. The Balaban J connectivity index is 1.57. The van der Waals surface area contributed by atoms with Crippen molar-refractivity contribution in [1.29, 1.82) is 0 Å². The van der Waals surface area contributed by atoms with E-state index in [0.29, 0.717) is 11.5 Å². The third-order valence-electron chi connectivity index (χ3n) is 7.96. The van der Waals surface area contributed by atoms with Crippen LogP contribution in [-0.2, 0) is 16.2 Å². The molecule has 0 bridgehead atoms. The lowest BCUT2D eigenvalue weighted by atomic mass is 9.85. The first-order chi connectivity index (χ1) is 18.5. The molecule has 5 rings (SSSR count). The monoisotopic (exact) mass is 508 g/mol. The average molecular weight is 509 g/mol. The molecule has 0 aliphatic heterocycles. The van der Waals surface area contributed by atoms with Crippen LogP contribution in [0.15, 0.2) is 65.8 Å². The molecule has 1 aliphatic carbocycles. The molecule has 3 aromatic carbocycles. The second-order valence-electron chi connectivity index (χ2n) is 10.5. The van der Waals surface area contributed by atoms with Crippen LogP contribution < -0.4 is 0 Å². The Kier molecular flexibility index (Phi) is 7.73. The highest BCUT2D eigenvalue weighted by Crippen LogP contribution is 2.33. The number of hydrogen-bond acceptors (Lipinski definition) is 4. The zero-order chi connectivity index (χ0) is 26.6. The lowest BCUT2D eigenvalue weighted by Gasteiger charge is -2.21. The standard InChI is InChI=1S/C33H36N2O3/c1-4-35-31-18-15-25(30(34-38-23(3)36)17-14-24-11-6-5-7-12-24)20-28(31)29-21-26(16-19-32(29)35)33(37)27-13-9-8-10-22(27)2/h8-10,13,15-16,18-21,24H,4-7,11-12,14,17H2,1-3H3/b34-30-. The van der Waals surface area contributed by atoms with Gasteiger partial charge in [0.25, 0.3) is 0 Å². The van der Waals surface area contributed by atoms with Crippen molar-refractivity contribution in [3.05, 3.63) is 82.9 Å². The first kappa shape index (κ1) is 25.9. The Labute approximate surface area is 224 Å². The van der Waals surface area contributed by atoms with Gasteiger partial charge in [0.15, 0.2) is 5.78 Å². The quantitative estimate of drug-likeness (QED) is 0.105. The van der Waals surface area contributed by atoms with Gasteiger partial charge in [-0.1, -0.05) is 67.6 Å². The number of aryl methyl sites for hydroxylation is 2. The zero-order valence-electron chi connectivity index (χ0n) is 22.6. The van der Waals surface area contributed by atoms with Crippen LogP contribution in [0.25, 0.3) is 21.8 Å². The van der Waals surface area contributed by atoms with Gasteiger partial charge in [-0.25, -0.2) is 4.79 Å². The van der Waals surface area contributed by atoms with E-state index in [1.54, 1.807) is 0 Å². The number of ketones is 1. The van der Waals surface area contributed by atoms with Crippen LogP contribution in [0.5, 0.6) is 0 Å². The molecule has 1 aromatic heterocycles. The van der Waals surface area contributed by atoms with Crippen LogP contribution >= 0.6 is 0 Å². The summed E-state index contributed by atoms with van der Waals surface area (Å²) in [5, 5.41) is 6.41. The van der Waals surface area contributed by atoms with Gasteiger partial charge in [-0.15, -0.1) is 0 Å². The molecule has 1 fully saturated rings. The molecule has 4 aromatic rings. The molecular formula is C33H36N2O3. The van der Waals surface area contributed by atoms with Crippen molar-refractivity contribution >= 4 is 39.3 Å². The number of rotatable bonds is 8. The number of carbonyl (C=O) groups is 2. The third-order valence-corrected chi connectivity index (χ3v) is 7.96. The van der Waals surface area contributed by atoms with Crippen molar-refractivity contribution in [2.24, 2.45) is 11.1 Å². The second-order valence-corrected chi connectivity index (χ2v) is 10.5. The fraction of sp³-hybridized carbons (Fsp3) is 0.364. The highest BCUT2D eigenvalue weighted by molar-refractivity contribution is 6.16. The molecule has 0 atom stereocenters. The molecule has 1 saturated carbocycles.